The van der Waals surface area contributed by atoms with E-state index in [-0.39, 0.29) is 12.3 Å². The number of hydrogen-bond donors (Lipinski definition) is 3. The van der Waals surface area contributed by atoms with Gasteiger partial charge < -0.3 is 15.7 Å². The van der Waals surface area contributed by atoms with Crippen molar-refractivity contribution in [3.8, 4) is 0 Å². The summed E-state index contributed by atoms with van der Waals surface area (Å²) < 4.78 is 0. The second-order valence-electron chi connectivity index (χ2n) is 5.11. The Labute approximate surface area is 128 Å². The zero-order chi connectivity index (χ0) is 15.9. The topological polar surface area (TPSA) is 95.5 Å². The van der Waals surface area contributed by atoms with E-state index in [4.69, 9.17) is 0 Å². The van der Waals surface area contributed by atoms with Crippen LogP contribution in [0.2, 0.25) is 0 Å². The first-order valence-corrected chi connectivity index (χ1v) is 7.10. The highest BCUT2D eigenvalue weighted by molar-refractivity contribution is 5.92. The summed E-state index contributed by atoms with van der Waals surface area (Å²) in [5, 5.41) is 14.2. The highest BCUT2D eigenvalue weighted by Crippen LogP contribution is 2.08. The molecule has 116 valence electrons. The zero-order valence-electron chi connectivity index (χ0n) is 12.0. The van der Waals surface area contributed by atoms with Crippen LogP contribution in [0.4, 0.5) is 0 Å². The van der Waals surface area contributed by atoms with Crippen LogP contribution in [0.25, 0.3) is 6.08 Å². The van der Waals surface area contributed by atoms with Crippen molar-refractivity contribution in [2.24, 2.45) is 0 Å². The van der Waals surface area contributed by atoms with Gasteiger partial charge >= 0.3 is 5.97 Å². The molecule has 0 saturated carbocycles. The van der Waals surface area contributed by atoms with Crippen molar-refractivity contribution in [1.82, 2.24) is 10.6 Å². The minimum atomic E-state index is -1.10. The van der Waals surface area contributed by atoms with Crippen LogP contribution in [-0.4, -0.2) is 35.0 Å². The van der Waals surface area contributed by atoms with Gasteiger partial charge in [0.1, 0.15) is 12.1 Å². The van der Waals surface area contributed by atoms with Gasteiger partial charge in [0.05, 0.1) is 0 Å². The largest absolute Gasteiger partial charge is 0.480 e. The van der Waals surface area contributed by atoms with Crippen LogP contribution >= 0.6 is 0 Å². The van der Waals surface area contributed by atoms with Gasteiger partial charge in [0.2, 0.25) is 11.8 Å². The van der Waals surface area contributed by atoms with Gasteiger partial charge in [-0.3, -0.25) is 9.59 Å². The van der Waals surface area contributed by atoms with Crippen molar-refractivity contribution in [3.05, 3.63) is 42.0 Å². The molecule has 2 atom stereocenters. The molecular formula is C16H18N2O4. The molecule has 0 aliphatic carbocycles. The number of carbonyl (C=O) groups excluding carboxylic acids is 2. The summed E-state index contributed by atoms with van der Waals surface area (Å²) in [4.78, 5) is 34.2. The van der Waals surface area contributed by atoms with E-state index in [1.54, 1.807) is 12.2 Å². The van der Waals surface area contributed by atoms with Crippen molar-refractivity contribution < 1.29 is 19.5 Å². The SMILES string of the molecule is O=C1CC[C@H](C(=O)N[C@H](C/C=C/c2ccccc2)C(=O)O)N1. The average molecular weight is 302 g/mol. The Balaban J connectivity index is 1.90. The molecule has 6 nitrogen and oxygen atoms in total. The average Bonchev–Trinajstić information content (AvgIpc) is 2.93. The summed E-state index contributed by atoms with van der Waals surface area (Å²) in [5.41, 5.74) is 0.959. The molecule has 1 aromatic carbocycles. The van der Waals surface area contributed by atoms with Crippen molar-refractivity contribution in [2.45, 2.75) is 31.3 Å². The van der Waals surface area contributed by atoms with E-state index in [1.165, 1.54) is 0 Å². The molecule has 1 heterocycles. The minimum absolute atomic E-state index is 0.177. The molecule has 0 spiro atoms. The first kappa shape index (κ1) is 15.8. The van der Waals surface area contributed by atoms with Crippen LogP contribution in [-0.2, 0) is 14.4 Å². The third kappa shape index (κ3) is 4.44. The third-order valence-corrected chi connectivity index (χ3v) is 3.41. The van der Waals surface area contributed by atoms with E-state index in [9.17, 15) is 19.5 Å². The summed E-state index contributed by atoms with van der Waals surface area (Å²) in [6.07, 6.45) is 4.39. The van der Waals surface area contributed by atoms with E-state index in [0.717, 1.165) is 5.56 Å². The maximum absolute atomic E-state index is 11.9. The zero-order valence-corrected chi connectivity index (χ0v) is 12.0. The normalized spacial score (nSPS) is 18.9. The number of carboxylic acids is 1. The van der Waals surface area contributed by atoms with Crippen LogP contribution in [0.15, 0.2) is 36.4 Å². The molecule has 1 aromatic rings. The lowest BCUT2D eigenvalue weighted by Gasteiger charge is -2.16. The van der Waals surface area contributed by atoms with Crippen LogP contribution < -0.4 is 10.6 Å². The van der Waals surface area contributed by atoms with Crippen LogP contribution in [0.1, 0.15) is 24.8 Å². The predicted molar refractivity (Wildman–Crippen MR) is 80.8 cm³/mol. The Kier molecular flexibility index (Phi) is 5.30. The summed E-state index contributed by atoms with van der Waals surface area (Å²) in [7, 11) is 0. The van der Waals surface area contributed by atoms with E-state index in [2.05, 4.69) is 10.6 Å². The molecule has 0 unspecified atom stereocenters. The molecule has 22 heavy (non-hydrogen) atoms. The fraction of sp³-hybridized carbons (Fsp3) is 0.312. The lowest BCUT2D eigenvalue weighted by atomic mass is 10.1. The second kappa shape index (κ2) is 7.40. The molecule has 0 radical (unpaired) electrons. The minimum Gasteiger partial charge on any atom is -0.480 e. The quantitative estimate of drug-likeness (QED) is 0.728. The monoisotopic (exact) mass is 302 g/mol. The maximum atomic E-state index is 11.9. The van der Waals surface area contributed by atoms with Gasteiger partial charge in [0.15, 0.2) is 0 Å². The molecule has 1 aliphatic rings. The molecule has 2 rings (SSSR count). The molecule has 0 bridgehead atoms. The van der Waals surface area contributed by atoms with E-state index in [0.29, 0.717) is 12.8 Å². The van der Waals surface area contributed by atoms with Gasteiger partial charge in [-0.2, -0.15) is 0 Å². The fourth-order valence-corrected chi connectivity index (χ4v) is 2.21. The summed E-state index contributed by atoms with van der Waals surface area (Å²) in [6, 6.07) is 7.83. The molecule has 6 heteroatoms. The number of benzene rings is 1. The third-order valence-electron chi connectivity index (χ3n) is 3.41. The lowest BCUT2D eigenvalue weighted by Crippen LogP contribution is -2.48. The van der Waals surface area contributed by atoms with Crippen LogP contribution in [0.3, 0.4) is 0 Å². The molecule has 3 N–H and O–H groups in total. The molecule has 2 amide bonds. The van der Waals surface area contributed by atoms with Crippen LogP contribution in [0.5, 0.6) is 0 Å². The molecule has 1 saturated heterocycles. The number of aliphatic carboxylic acids is 1. The van der Waals surface area contributed by atoms with E-state index >= 15 is 0 Å². The fourth-order valence-electron chi connectivity index (χ4n) is 2.21. The van der Waals surface area contributed by atoms with Gasteiger partial charge in [-0.1, -0.05) is 42.5 Å². The van der Waals surface area contributed by atoms with Gasteiger partial charge in [0, 0.05) is 6.42 Å². The molecular weight excluding hydrogens is 284 g/mol. The van der Waals surface area contributed by atoms with Gasteiger partial charge in [-0.25, -0.2) is 4.79 Å². The number of carbonyl (C=O) groups is 3. The number of nitrogens with one attached hydrogen (secondary N) is 2. The highest BCUT2D eigenvalue weighted by atomic mass is 16.4. The van der Waals surface area contributed by atoms with Crippen molar-refractivity contribution in [2.75, 3.05) is 0 Å². The lowest BCUT2D eigenvalue weighted by molar-refractivity contribution is -0.142. The Hall–Kier alpha value is -2.63. The Bertz CT molecular complexity index is 583. The highest BCUT2D eigenvalue weighted by Gasteiger charge is 2.29. The van der Waals surface area contributed by atoms with Gasteiger partial charge in [-0.15, -0.1) is 0 Å². The molecule has 1 aliphatic heterocycles. The Morgan fingerprint density at radius 3 is 2.68 bits per heavy atom. The first-order valence-electron chi connectivity index (χ1n) is 7.10. The van der Waals surface area contributed by atoms with E-state index < -0.39 is 24.0 Å². The van der Waals surface area contributed by atoms with Gasteiger partial charge in [-0.05, 0) is 18.4 Å². The number of amides is 2. The van der Waals surface area contributed by atoms with Crippen LogP contribution in [0, 0.1) is 0 Å². The smallest absolute Gasteiger partial charge is 0.326 e. The van der Waals surface area contributed by atoms with E-state index in [1.807, 2.05) is 30.3 Å². The Morgan fingerprint density at radius 1 is 1.36 bits per heavy atom. The first-order chi connectivity index (χ1) is 10.6. The second-order valence-corrected chi connectivity index (χ2v) is 5.11. The Morgan fingerprint density at radius 2 is 2.09 bits per heavy atom. The summed E-state index contributed by atoms with van der Waals surface area (Å²) in [6.45, 7) is 0. The molecule has 1 fully saturated rings. The van der Waals surface area contributed by atoms with Crippen molar-refractivity contribution in [1.29, 1.82) is 0 Å². The summed E-state index contributed by atoms with van der Waals surface area (Å²) in [5.74, 6) is -1.74. The standard InChI is InChI=1S/C16H18N2O4/c19-14-10-9-12(17-14)15(20)18-13(16(21)22)8-4-7-11-5-2-1-3-6-11/h1-7,12-13H,8-10H2,(H,17,19)(H,18,20)(H,21,22)/b7-4+/t12-,13-/m1/s1. The number of carboxylic acid groups (broad SMARTS) is 1. The number of rotatable bonds is 6. The maximum Gasteiger partial charge on any atom is 0.326 e. The van der Waals surface area contributed by atoms with Gasteiger partial charge in [0.25, 0.3) is 0 Å². The molecule has 0 aromatic heterocycles. The number of hydrogen-bond acceptors (Lipinski definition) is 3. The summed E-state index contributed by atoms with van der Waals surface area (Å²) >= 11 is 0. The van der Waals surface area contributed by atoms with Crippen molar-refractivity contribution in [3.63, 3.8) is 0 Å². The predicted octanol–water partition coefficient (Wildman–Crippen LogP) is 0.938. The van der Waals surface area contributed by atoms with Crippen molar-refractivity contribution >= 4 is 23.9 Å².